The van der Waals surface area contributed by atoms with Crippen molar-refractivity contribution in [2.24, 2.45) is 0 Å². The summed E-state index contributed by atoms with van der Waals surface area (Å²) >= 11 is 0. The van der Waals surface area contributed by atoms with Crippen LogP contribution >= 0.6 is 0 Å². The van der Waals surface area contributed by atoms with Crippen molar-refractivity contribution in [1.29, 1.82) is 0 Å². The van der Waals surface area contributed by atoms with Crippen molar-refractivity contribution in [2.45, 2.75) is 20.5 Å². The molecule has 5 heteroatoms. The average Bonchev–Trinajstić information content (AvgIpc) is 2.32. The molecule has 0 fully saturated rings. The molecule has 0 saturated heterocycles. The van der Waals surface area contributed by atoms with Gasteiger partial charge in [-0.3, -0.25) is 0 Å². The number of alkyl halides is 2. The Kier molecular flexibility index (Phi) is 5.61. The van der Waals surface area contributed by atoms with Gasteiger partial charge in [-0.2, -0.15) is 0 Å². The Morgan fingerprint density at radius 2 is 2.11 bits per heavy atom. The molecule has 0 N–H and O–H groups in total. The summed E-state index contributed by atoms with van der Waals surface area (Å²) < 4.78 is 42.3. The van der Waals surface area contributed by atoms with Crippen LogP contribution in [0.25, 0.3) is 6.08 Å². The summed E-state index contributed by atoms with van der Waals surface area (Å²) in [5, 5.41) is 0. The number of benzene rings is 1. The first-order valence-corrected chi connectivity index (χ1v) is 5.66. The number of hydrogen-bond donors (Lipinski definition) is 0. The first-order chi connectivity index (χ1) is 8.91. The Morgan fingerprint density at radius 1 is 1.42 bits per heavy atom. The number of allylic oxidation sites excluding steroid dienone is 1. The van der Waals surface area contributed by atoms with Gasteiger partial charge in [-0.15, -0.1) is 0 Å². The molecule has 1 rings (SSSR count). The Bertz CT molecular complexity index is 522. The molecule has 0 bridgehead atoms. The van der Waals surface area contributed by atoms with E-state index in [2.05, 4.69) is 11.3 Å². The molecular formula is C14H14BF3O. The van der Waals surface area contributed by atoms with Crippen LogP contribution in [-0.2, 0) is 0 Å². The van der Waals surface area contributed by atoms with Crippen molar-refractivity contribution in [3.8, 4) is 5.75 Å². The zero-order chi connectivity index (χ0) is 14.4. The quantitative estimate of drug-likeness (QED) is 0.737. The first kappa shape index (κ1) is 15.3. The van der Waals surface area contributed by atoms with E-state index in [-0.39, 0.29) is 11.3 Å². The Morgan fingerprint density at radius 3 is 2.68 bits per heavy atom. The molecule has 0 radical (unpaired) electrons. The molecule has 0 saturated carbocycles. The zero-order valence-electron chi connectivity index (χ0n) is 10.8. The van der Waals surface area contributed by atoms with Crippen molar-refractivity contribution < 1.29 is 17.9 Å². The van der Waals surface area contributed by atoms with E-state index in [4.69, 9.17) is 0 Å². The number of hydrogen-bond acceptors (Lipinski definition) is 1. The van der Waals surface area contributed by atoms with Crippen LogP contribution in [0.3, 0.4) is 0 Å². The predicted octanol–water partition coefficient (Wildman–Crippen LogP) is 3.79. The van der Waals surface area contributed by atoms with Crippen LogP contribution in [0.4, 0.5) is 13.2 Å². The SMILES string of the molecule is C=C(C)C=BC=Cc1ccc(OC(F)F)c(C)c1F. The van der Waals surface area contributed by atoms with E-state index in [0.717, 1.165) is 5.57 Å². The van der Waals surface area contributed by atoms with E-state index in [9.17, 15) is 13.2 Å². The van der Waals surface area contributed by atoms with Gasteiger partial charge >= 0.3 is 110 Å². The third-order valence-corrected chi connectivity index (χ3v) is 2.35. The summed E-state index contributed by atoms with van der Waals surface area (Å²) in [6.07, 6.45) is 1.55. The fourth-order valence-electron chi connectivity index (χ4n) is 1.42. The van der Waals surface area contributed by atoms with Gasteiger partial charge in [0.05, 0.1) is 0 Å². The van der Waals surface area contributed by atoms with Crippen LogP contribution in [-0.4, -0.2) is 19.5 Å². The fourth-order valence-corrected chi connectivity index (χ4v) is 1.42. The van der Waals surface area contributed by atoms with Gasteiger partial charge in [0, 0.05) is 0 Å². The first-order valence-electron chi connectivity index (χ1n) is 5.66. The minimum absolute atomic E-state index is 0.0614. The second kappa shape index (κ2) is 6.97. The van der Waals surface area contributed by atoms with Crippen molar-refractivity contribution in [3.63, 3.8) is 0 Å². The van der Waals surface area contributed by atoms with Gasteiger partial charge in [-0.1, -0.05) is 0 Å². The molecule has 0 aliphatic heterocycles. The summed E-state index contributed by atoms with van der Waals surface area (Å²) in [6.45, 7) is 5.69. The van der Waals surface area contributed by atoms with Crippen molar-refractivity contribution >= 4 is 19.0 Å². The van der Waals surface area contributed by atoms with E-state index >= 15 is 0 Å². The molecule has 0 aliphatic rings. The van der Waals surface area contributed by atoms with E-state index < -0.39 is 12.4 Å². The van der Waals surface area contributed by atoms with Crippen molar-refractivity contribution in [3.05, 3.63) is 47.2 Å². The monoisotopic (exact) mass is 266 g/mol. The average molecular weight is 266 g/mol. The van der Waals surface area contributed by atoms with Gasteiger partial charge in [0.25, 0.3) is 0 Å². The second-order valence-corrected chi connectivity index (χ2v) is 4.03. The fraction of sp³-hybridized carbons (Fsp3) is 0.214. The van der Waals surface area contributed by atoms with Gasteiger partial charge < -0.3 is 0 Å². The summed E-state index contributed by atoms with van der Waals surface area (Å²) in [4.78, 5) is 0. The molecule has 0 amide bonds. The number of halogens is 3. The summed E-state index contributed by atoms with van der Waals surface area (Å²) in [6, 6.07) is 2.72. The molecule has 19 heavy (non-hydrogen) atoms. The summed E-state index contributed by atoms with van der Waals surface area (Å²) in [5.41, 5.74) is 1.25. The van der Waals surface area contributed by atoms with Crippen LogP contribution in [0.5, 0.6) is 5.75 Å². The zero-order valence-corrected chi connectivity index (χ0v) is 10.8. The molecule has 1 aromatic carbocycles. The van der Waals surface area contributed by atoms with Gasteiger partial charge in [0.15, 0.2) is 0 Å². The van der Waals surface area contributed by atoms with Gasteiger partial charge in [-0.05, 0) is 0 Å². The predicted molar refractivity (Wildman–Crippen MR) is 73.4 cm³/mol. The molecule has 100 valence electrons. The van der Waals surface area contributed by atoms with Crippen LogP contribution < -0.4 is 4.74 Å². The standard InChI is InChI=1S/C14H14BF3O/c1-9(2)8-15-7-6-11-4-5-12(19-14(17)18)10(3)13(11)16/h4-8,14H,1H2,2-3H3. The molecule has 1 nitrogen and oxygen atoms in total. The van der Waals surface area contributed by atoms with Crippen molar-refractivity contribution in [2.75, 3.05) is 0 Å². The van der Waals surface area contributed by atoms with E-state index in [1.165, 1.54) is 19.1 Å². The van der Waals surface area contributed by atoms with Crippen LogP contribution in [0.1, 0.15) is 18.1 Å². The Balaban J connectivity index is 2.93. The van der Waals surface area contributed by atoms with Gasteiger partial charge in [-0.25, -0.2) is 0 Å². The maximum atomic E-state index is 13.9. The minimum atomic E-state index is -2.96. The third-order valence-electron chi connectivity index (χ3n) is 2.35. The topological polar surface area (TPSA) is 9.23 Å². The normalized spacial score (nSPS) is 11.3. The molecular weight excluding hydrogens is 252 g/mol. The Labute approximate surface area is 111 Å². The molecule has 0 aromatic heterocycles. The van der Waals surface area contributed by atoms with Crippen LogP contribution in [0.2, 0.25) is 0 Å². The van der Waals surface area contributed by atoms with Gasteiger partial charge in [0.2, 0.25) is 0 Å². The van der Waals surface area contributed by atoms with Crippen molar-refractivity contribution in [1.82, 2.24) is 0 Å². The Hall–Kier alpha value is -1.78. The summed E-state index contributed by atoms with van der Waals surface area (Å²) in [7, 11) is 0. The van der Waals surface area contributed by atoms with Crippen LogP contribution in [0.15, 0.2) is 30.3 Å². The second-order valence-electron chi connectivity index (χ2n) is 4.03. The number of rotatable bonds is 5. The third kappa shape index (κ3) is 4.77. The number of ether oxygens (including phenoxy) is 1. The van der Waals surface area contributed by atoms with E-state index in [0.29, 0.717) is 5.56 Å². The maximum absolute atomic E-state index is 13.9. The molecule has 0 aliphatic carbocycles. The molecule has 0 unspecified atom stereocenters. The summed E-state index contributed by atoms with van der Waals surface area (Å²) in [5.74, 6) is 2.70. The molecule has 0 heterocycles. The van der Waals surface area contributed by atoms with E-state index in [1.807, 2.05) is 6.92 Å². The molecule has 0 spiro atoms. The molecule has 1 aromatic rings. The molecule has 0 atom stereocenters. The van der Waals surface area contributed by atoms with Crippen LogP contribution in [0, 0.1) is 12.7 Å². The van der Waals surface area contributed by atoms with Gasteiger partial charge in [0.1, 0.15) is 0 Å². The van der Waals surface area contributed by atoms with E-state index in [1.54, 1.807) is 24.9 Å².